The van der Waals surface area contributed by atoms with E-state index in [4.69, 9.17) is 9.26 Å². The fourth-order valence-corrected chi connectivity index (χ4v) is 2.70. The summed E-state index contributed by atoms with van der Waals surface area (Å²) >= 11 is 0. The fourth-order valence-electron chi connectivity index (χ4n) is 2.70. The molecule has 0 saturated heterocycles. The van der Waals surface area contributed by atoms with Gasteiger partial charge in [-0.15, -0.1) is 0 Å². The molecule has 0 aliphatic carbocycles. The van der Waals surface area contributed by atoms with Crippen molar-refractivity contribution in [1.29, 1.82) is 0 Å². The van der Waals surface area contributed by atoms with Crippen LogP contribution in [0.15, 0.2) is 34.9 Å². The number of aromatic nitrogens is 1. The van der Waals surface area contributed by atoms with E-state index < -0.39 is 18.5 Å². The minimum Gasteiger partial charge on any atom is -0.450 e. The van der Waals surface area contributed by atoms with Crippen molar-refractivity contribution in [3.63, 3.8) is 0 Å². The molecule has 1 aromatic carbocycles. The predicted molar refractivity (Wildman–Crippen MR) is 88.2 cm³/mol. The zero-order valence-electron chi connectivity index (χ0n) is 13.8. The van der Waals surface area contributed by atoms with Gasteiger partial charge in [-0.05, 0) is 26.0 Å². The molecule has 3 rings (SSSR count). The van der Waals surface area contributed by atoms with E-state index >= 15 is 0 Å². The summed E-state index contributed by atoms with van der Waals surface area (Å²) in [4.78, 5) is 37.9. The number of anilines is 2. The molecular weight excluding hydrogens is 326 g/mol. The van der Waals surface area contributed by atoms with Gasteiger partial charge in [0.25, 0.3) is 5.91 Å². The average Bonchev–Trinajstić information content (AvgIpc) is 2.95. The van der Waals surface area contributed by atoms with Crippen LogP contribution in [0.1, 0.15) is 29.6 Å². The van der Waals surface area contributed by atoms with E-state index in [0.29, 0.717) is 17.1 Å². The molecule has 0 radical (unpaired) electrons. The van der Waals surface area contributed by atoms with Crippen LogP contribution in [0, 0.1) is 6.92 Å². The molecule has 25 heavy (non-hydrogen) atoms. The average molecular weight is 343 g/mol. The van der Waals surface area contributed by atoms with Gasteiger partial charge in [-0.3, -0.25) is 9.59 Å². The second kappa shape index (κ2) is 6.76. The zero-order valence-corrected chi connectivity index (χ0v) is 13.8. The number of esters is 1. The normalized spacial score (nSPS) is 16.6. The minimum absolute atomic E-state index is 0.0635. The van der Waals surface area contributed by atoms with Crippen LogP contribution in [-0.2, 0) is 14.3 Å². The van der Waals surface area contributed by atoms with Crippen LogP contribution in [-0.4, -0.2) is 35.6 Å². The summed E-state index contributed by atoms with van der Waals surface area (Å²) in [5, 5.41) is 6.37. The molecular formula is C17H17N3O5. The Morgan fingerprint density at radius 2 is 2.16 bits per heavy atom. The summed E-state index contributed by atoms with van der Waals surface area (Å²) in [5.41, 5.74) is 1.65. The second-order valence-electron chi connectivity index (χ2n) is 5.79. The molecule has 0 saturated carbocycles. The van der Waals surface area contributed by atoms with Crippen molar-refractivity contribution in [2.45, 2.75) is 26.3 Å². The third-order valence-electron chi connectivity index (χ3n) is 3.78. The second-order valence-corrected chi connectivity index (χ2v) is 5.79. The lowest BCUT2D eigenvalue weighted by Crippen LogP contribution is -2.41. The van der Waals surface area contributed by atoms with Crippen molar-refractivity contribution in [3.8, 4) is 0 Å². The first-order chi connectivity index (χ1) is 12.0. The van der Waals surface area contributed by atoms with Gasteiger partial charge in [-0.2, -0.15) is 0 Å². The number of benzene rings is 1. The van der Waals surface area contributed by atoms with Crippen LogP contribution >= 0.6 is 0 Å². The lowest BCUT2D eigenvalue weighted by atomic mass is 10.1. The van der Waals surface area contributed by atoms with Gasteiger partial charge in [0.2, 0.25) is 11.7 Å². The highest BCUT2D eigenvalue weighted by atomic mass is 16.6. The molecule has 0 fully saturated rings. The van der Waals surface area contributed by atoms with Gasteiger partial charge >= 0.3 is 5.97 Å². The number of para-hydroxylation sites is 2. The number of rotatable bonds is 3. The van der Waals surface area contributed by atoms with Gasteiger partial charge in [-0.1, -0.05) is 17.3 Å². The first-order valence-electron chi connectivity index (χ1n) is 7.77. The molecule has 1 aliphatic heterocycles. The molecule has 0 bridgehead atoms. The molecule has 1 N–H and O–H groups in total. The fraction of sp³-hybridized carbons (Fsp3) is 0.294. The third-order valence-corrected chi connectivity index (χ3v) is 3.78. The van der Waals surface area contributed by atoms with Crippen molar-refractivity contribution >= 4 is 29.2 Å². The van der Waals surface area contributed by atoms with Crippen molar-refractivity contribution in [2.75, 3.05) is 16.8 Å². The molecule has 2 heterocycles. The van der Waals surface area contributed by atoms with Gasteiger partial charge in [0, 0.05) is 18.5 Å². The van der Waals surface area contributed by atoms with Crippen LogP contribution in [0.2, 0.25) is 0 Å². The summed E-state index contributed by atoms with van der Waals surface area (Å²) in [5.74, 6) is -1.43. The maximum Gasteiger partial charge on any atom is 0.377 e. The Labute approximate surface area is 143 Å². The number of amides is 2. The van der Waals surface area contributed by atoms with Gasteiger partial charge in [0.05, 0.1) is 17.1 Å². The maximum absolute atomic E-state index is 12.6. The lowest BCUT2D eigenvalue weighted by Gasteiger charge is -2.27. The Kier molecular flexibility index (Phi) is 4.51. The van der Waals surface area contributed by atoms with E-state index in [2.05, 4.69) is 10.5 Å². The Balaban J connectivity index is 1.76. The SMILES string of the molecule is Cc1cc(C(=O)OCC(=O)N2c3ccccc3NC(=O)CC2C)on1. The Morgan fingerprint density at radius 3 is 2.88 bits per heavy atom. The van der Waals surface area contributed by atoms with Crippen LogP contribution in [0.25, 0.3) is 0 Å². The van der Waals surface area contributed by atoms with Crippen LogP contribution in [0.3, 0.4) is 0 Å². The van der Waals surface area contributed by atoms with Crippen LogP contribution in [0.5, 0.6) is 0 Å². The van der Waals surface area contributed by atoms with Crippen molar-refractivity contribution < 1.29 is 23.6 Å². The first kappa shape index (κ1) is 16.7. The molecule has 1 atom stereocenters. The smallest absolute Gasteiger partial charge is 0.377 e. The molecule has 1 aliphatic rings. The molecule has 2 amide bonds. The Bertz CT molecular complexity index is 829. The summed E-state index contributed by atoms with van der Waals surface area (Å²) in [7, 11) is 0. The number of nitrogens with zero attached hydrogens (tertiary/aromatic N) is 2. The maximum atomic E-state index is 12.6. The molecule has 8 heteroatoms. The highest BCUT2D eigenvalue weighted by Gasteiger charge is 2.30. The van der Waals surface area contributed by atoms with Gasteiger partial charge in [0.15, 0.2) is 6.61 Å². The van der Waals surface area contributed by atoms with Gasteiger partial charge in [0.1, 0.15) is 0 Å². The molecule has 1 aromatic heterocycles. The largest absolute Gasteiger partial charge is 0.450 e. The first-order valence-corrected chi connectivity index (χ1v) is 7.77. The van der Waals surface area contributed by atoms with E-state index in [1.165, 1.54) is 11.0 Å². The monoisotopic (exact) mass is 343 g/mol. The standard InChI is InChI=1S/C17H17N3O5/c1-10-7-14(25-19-10)17(23)24-9-16(22)20-11(2)8-15(21)18-12-5-3-4-6-13(12)20/h3-7,11H,8-9H2,1-2H3,(H,18,21). The predicted octanol–water partition coefficient (Wildman–Crippen LogP) is 1.90. The van der Waals surface area contributed by atoms with E-state index in [-0.39, 0.29) is 24.1 Å². The lowest BCUT2D eigenvalue weighted by molar-refractivity contribution is -0.122. The number of nitrogens with one attached hydrogen (secondary N) is 1. The number of carbonyl (C=O) groups excluding carboxylic acids is 3. The van der Waals surface area contributed by atoms with Crippen molar-refractivity contribution in [3.05, 3.63) is 41.8 Å². The zero-order chi connectivity index (χ0) is 18.0. The highest BCUT2D eigenvalue weighted by molar-refractivity contribution is 6.05. The quantitative estimate of drug-likeness (QED) is 0.854. The molecule has 8 nitrogen and oxygen atoms in total. The number of aryl methyl sites for hydroxylation is 1. The number of hydrogen-bond acceptors (Lipinski definition) is 6. The Morgan fingerprint density at radius 1 is 1.40 bits per heavy atom. The van der Waals surface area contributed by atoms with Crippen LogP contribution < -0.4 is 10.2 Å². The minimum atomic E-state index is -0.765. The molecule has 1 unspecified atom stereocenters. The van der Waals surface area contributed by atoms with E-state index in [9.17, 15) is 14.4 Å². The summed E-state index contributed by atoms with van der Waals surface area (Å²) in [6, 6.07) is 8.05. The van der Waals surface area contributed by atoms with Gasteiger partial charge in [-0.25, -0.2) is 4.79 Å². The number of carbonyl (C=O) groups is 3. The van der Waals surface area contributed by atoms with Crippen LogP contribution in [0.4, 0.5) is 11.4 Å². The summed E-state index contributed by atoms with van der Waals surface area (Å²) < 4.78 is 9.83. The third kappa shape index (κ3) is 3.52. The summed E-state index contributed by atoms with van der Waals surface area (Å²) in [6.07, 6.45) is 0.148. The van der Waals surface area contributed by atoms with E-state index in [1.54, 1.807) is 38.1 Å². The van der Waals surface area contributed by atoms with Crippen molar-refractivity contribution in [1.82, 2.24) is 5.16 Å². The highest BCUT2D eigenvalue weighted by Crippen LogP contribution is 2.31. The molecule has 130 valence electrons. The number of hydrogen-bond donors (Lipinski definition) is 1. The number of fused-ring (bicyclic) bond motifs is 1. The van der Waals surface area contributed by atoms with Crippen molar-refractivity contribution in [2.24, 2.45) is 0 Å². The van der Waals surface area contributed by atoms with Gasteiger partial charge < -0.3 is 19.5 Å². The Hall–Kier alpha value is -3.16. The summed E-state index contributed by atoms with van der Waals surface area (Å²) in [6.45, 7) is 2.97. The topological polar surface area (TPSA) is 102 Å². The van der Waals surface area contributed by atoms with E-state index in [1.807, 2.05) is 0 Å². The number of ether oxygens (including phenoxy) is 1. The van der Waals surface area contributed by atoms with E-state index in [0.717, 1.165) is 0 Å². The molecule has 2 aromatic rings. The molecule has 0 spiro atoms.